The van der Waals surface area contributed by atoms with Crippen LogP contribution >= 0.6 is 0 Å². The number of fused-ring (bicyclic) bond motifs is 2. The van der Waals surface area contributed by atoms with E-state index in [1.54, 1.807) is 0 Å². The van der Waals surface area contributed by atoms with E-state index in [9.17, 15) is 9.90 Å². The summed E-state index contributed by atoms with van der Waals surface area (Å²) in [4.78, 5) is 13.6. The first kappa shape index (κ1) is 20.7. The lowest BCUT2D eigenvalue weighted by Crippen LogP contribution is -2.67. The van der Waals surface area contributed by atoms with Gasteiger partial charge in [0.25, 0.3) is 0 Å². The van der Waals surface area contributed by atoms with Crippen LogP contribution in [0.15, 0.2) is 0 Å². The standard InChI is InChI=1S/C25H42O3/c1-15-10-17-12-19-18-11-16(14-25(15,19)27)8-9-24(18,13-17)28-21(26)20(22(2,3)4)23(5,6)7/h15-20,27H,8-14H2,1-7H3. The molecule has 3 heteroatoms. The van der Waals surface area contributed by atoms with Gasteiger partial charge in [-0.2, -0.15) is 0 Å². The second kappa shape index (κ2) is 6.22. The summed E-state index contributed by atoms with van der Waals surface area (Å²) in [6, 6.07) is 0. The molecule has 4 bridgehead atoms. The largest absolute Gasteiger partial charge is 0.459 e. The Kier molecular flexibility index (Phi) is 4.60. The van der Waals surface area contributed by atoms with Gasteiger partial charge in [0.05, 0.1) is 11.5 Å². The molecule has 0 radical (unpaired) electrons. The minimum absolute atomic E-state index is 0.000542. The number of rotatable bonds is 2. The molecular weight excluding hydrogens is 348 g/mol. The van der Waals surface area contributed by atoms with Crippen LogP contribution in [0.2, 0.25) is 0 Å². The van der Waals surface area contributed by atoms with Gasteiger partial charge in [0.15, 0.2) is 0 Å². The zero-order valence-electron chi connectivity index (χ0n) is 19.2. The van der Waals surface area contributed by atoms with E-state index < -0.39 is 5.60 Å². The number of hydrogen-bond acceptors (Lipinski definition) is 3. The summed E-state index contributed by atoms with van der Waals surface area (Å²) in [5.74, 6) is 2.13. The lowest BCUT2D eigenvalue weighted by Gasteiger charge is -2.65. The topological polar surface area (TPSA) is 46.5 Å². The Morgan fingerprint density at radius 3 is 2.18 bits per heavy atom. The summed E-state index contributed by atoms with van der Waals surface area (Å²) >= 11 is 0. The van der Waals surface area contributed by atoms with Crippen LogP contribution in [0.3, 0.4) is 0 Å². The zero-order chi connectivity index (χ0) is 20.7. The Labute approximate surface area is 172 Å². The van der Waals surface area contributed by atoms with Crippen molar-refractivity contribution in [1.29, 1.82) is 0 Å². The molecule has 7 unspecified atom stereocenters. The predicted molar refractivity (Wildman–Crippen MR) is 112 cm³/mol. The second-order valence-corrected chi connectivity index (χ2v) is 13.1. The Balaban J connectivity index is 1.67. The monoisotopic (exact) mass is 390 g/mol. The van der Waals surface area contributed by atoms with E-state index >= 15 is 0 Å². The van der Waals surface area contributed by atoms with Crippen LogP contribution in [0.1, 0.15) is 93.4 Å². The molecule has 28 heavy (non-hydrogen) atoms. The molecule has 0 aromatic heterocycles. The second-order valence-electron chi connectivity index (χ2n) is 13.1. The molecule has 160 valence electrons. The zero-order valence-corrected chi connectivity index (χ0v) is 19.2. The van der Waals surface area contributed by atoms with Crippen LogP contribution in [0.5, 0.6) is 0 Å². The van der Waals surface area contributed by atoms with Crippen molar-refractivity contribution in [1.82, 2.24) is 0 Å². The summed E-state index contributed by atoms with van der Waals surface area (Å²) < 4.78 is 6.63. The fraction of sp³-hybridized carbons (Fsp3) is 0.960. The molecule has 0 amide bonds. The highest BCUT2D eigenvalue weighted by Gasteiger charge is 2.65. The minimum Gasteiger partial charge on any atom is -0.459 e. The average Bonchev–Trinajstić information content (AvgIpc) is 2.50. The average molecular weight is 391 g/mol. The normalized spacial score (nSPS) is 45.2. The van der Waals surface area contributed by atoms with Crippen molar-refractivity contribution >= 4 is 5.97 Å². The third-order valence-corrected chi connectivity index (χ3v) is 9.02. The quantitative estimate of drug-likeness (QED) is 0.625. The summed E-state index contributed by atoms with van der Waals surface area (Å²) in [6.45, 7) is 15.2. The summed E-state index contributed by atoms with van der Waals surface area (Å²) in [7, 11) is 0. The van der Waals surface area contributed by atoms with E-state index in [-0.39, 0.29) is 28.3 Å². The molecule has 0 spiro atoms. The van der Waals surface area contributed by atoms with Gasteiger partial charge in [0.2, 0.25) is 0 Å². The maximum atomic E-state index is 13.6. The van der Waals surface area contributed by atoms with Gasteiger partial charge in [-0.3, -0.25) is 4.79 Å². The van der Waals surface area contributed by atoms with Gasteiger partial charge in [-0.1, -0.05) is 48.5 Å². The molecule has 7 atom stereocenters. The Bertz CT molecular complexity index is 627. The highest BCUT2D eigenvalue weighted by molar-refractivity contribution is 5.75. The maximum Gasteiger partial charge on any atom is 0.310 e. The first-order valence-corrected chi connectivity index (χ1v) is 11.7. The van der Waals surface area contributed by atoms with Crippen molar-refractivity contribution in [3.63, 3.8) is 0 Å². The van der Waals surface area contributed by atoms with E-state index in [4.69, 9.17) is 4.74 Å². The molecule has 1 N–H and O–H groups in total. The van der Waals surface area contributed by atoms with Gasteiger partial charge >= 0.3 is 5.97 Å². The molecule has 0 aromatic carbocycles. The van der Waals surface area contributed by atoms with Gasteiger partial charge < -0.3 is 9.84 Å². The molecule has 0 saturated heterocycles. The Hall–Kier alpha value is -0.570. The third kappa shape index (κ3) is 3.06. The van der Waals surface area contributed by atoms with Gasteiger partial charge in [0.1, 0.15) is 5.60 Å². The highest BCUT2D eigenvalue weighted by Crippen LogP contribution is 2.65. The first-order valence-electron chi connectivity index (χ1n) is 11.7. The minimum atomic E-state index is -0.532. The molecule has 4 aliphatic rings. The number of aliphatic hydroxyl groups is 1. The molecule has 4 fully saturated rings. The Morgan fingerprint density at radius 1 is 0.964 bits per heavy atom. The molecule has 4 aliphatic carbocycles. The molecule has 3 nitrogen and oxygen atoms in total. The van der Waals surface area contributed by atoms with Crippen LogP contribution in [-0.4, -0.2) is 22.3 Å². The van der Waals surface area contributed by atoms with E-state index in [0.29, 0.717) is 29.6 Å². The maximum absolute atomic E-state index is 13.6. The van der Waals surface area contributed by atoms with E-state index in [1.807, 2.05) is 0 Å². The fourth-order valence-corrected chi connectivity index (χ4v) is 8.44. The first-order chi connectivity index (χ1) is 12.8. The Morgan fingerprint density at radius 2 is 1.57 bits per heavy atom. The van der Waals surface area contributed by atoms with E-state index in [0.717, 1.165) is 44.9 Å². The highest BCUT2D eigenvalue weighted by atomic mass is 16.6. The number of ether oxygens (including phenoxy) is 1. The fourth-order valence-electron chi connectivity index (χ4n) is 8.44. The number of hydrogen-bond donors (Lipinski definition) is 1. The van der Waals surface area contributed by atoms with Gasteiger partial charge in [-0.05, 0) is 79.4 Å². The summed E-state index contributed by atoms with van der Waals surface area (Å²) in [6.07, 6.45) is 7.48. The van der Waals surface area contributed by atoms with E-state index in [1.165, 1.54) is 0 Å². The molecule has 0 aliphatic heterocycles. The number of carbonyl (C=O) groups is 1. The molecule has 4 rings (SSSR count). The molecule has 0 heterocycles. The summed E-state index contributed by atoms with van der Waals surface area (Å²) in [5.41, 5.74) is -1.12. The van der Waals surface area contributed by atoms with Crippen LogP contribution in [0.25, 0.3) is 0 Å². The van der Waals surface area contributed by atoms with Crippen LogP contribution < -0.4 is 0 Å². The van der Waals surface area contributed by atoms with Gasteiger partial charge in [-0.25, -0.2) is 0 Å². The van der Waals surface area contributed by atoms with Crippen molar-refractivity contribution in [3.05, 3.63) is 0 Å². The lowest BCUT2D eigenvalue weighted by molar-refractivity contribution is -0.260. The molecule has 0 aromatic rings. The number of esters is 1. The van der Waals surface area contributed by atoms with Crippen molar-refractivity contribution < 1.29 is 14.6 Å². The van der Waals surface area contributed by atoms with Crippen LogP contribution in [0.4, 0.5) is 0 Å². The van der Waals surface area contributed by atoms with Gasteiger partial charge in [0, 0.05) is 5.92 Å². The van der Waals surface area contributed by atoms with Crippen molar-refractivity contribution in [2.45, 2.75) is 105 Å². The van der Waals surface area contributed by atoms with Crippen molar-refractivity contribution in [2.24, 2.45) is 46.3 Å². The lowest BCUT2D eigenvalue weighted by atomic mass is 9.43. The predicted octanol–water partition coefficient (Wildman–Crippen LogP) is 5.59. The van der Waals surface area contributed by atoms with E-state index in [2.05, 4.69) is 48.5 Å². The molecule has 4 saturated carbocycles. The third-order valence-electron chi connectivity index (χ3n) is 9.02. The van der Waals surface area contributed by atoms with Gasteiger partial charge in [-0.15, -0.1) is 0 Å². The van der Waals surface area contributed by atoms with Crippen molar-refractivity contribution in [3.8, 4) is 0 Å². The molecular formula is C25H42O3. The number of carbonyl (C=O) groups excluding carboxylic acids is 1. The SMILES string of the molecule is CC1CC2CC3C4CC(CCC4(OC(=O)C(C(C)(C)C)C(C)(C)C)C2)CC13O. The smallest absolute Gasteiger partial charge is 0.310 e. The van der Waals surface area contributed by atoms with Crippen LogP contribution in [0, 0.1) is 46.3 Å². The van der Waals surface area contributed by atoms with Crippen molar-refractivity contribution in [2.75, 3.05) is 0 Å². The summed E-state index contributed by atoms with van der Waals surface area (Å²) in [5, 5.41) is 11.7. The van der Waals surface area contributed by atoms with Crippen LogP contribution in [-0.2, 0) is 9.53 Å².